The maximum Gasteiger partial charge on any atom is 0.119 e. The third-order valence-electron chi connectivity index (χ3n) is 3.50. The summed E-state index contributed by atoms with van der Waals surface area (Å²) >= 11 is 0. The van der Waals surface area contributed by atoms with Gasteiger partial charge in [0.05, 0.1) is 6.61 Å². The molecule has 2 atom stereocenters. The Morgan fingerprint density at radius 2 is 2.40 bits per heavy atom. The number of aliphatic hydroxyl groups excluding tert-OH is 1. The number of hydrogen-bond donors (Lipinski definition) is 2. The summed E-state index contributed by atoms with van der Waals surface area (Å²) in [5, 5.41) is 13.2. The summed E-state index contributed by atoms with van der Waals surface area (Å²) in [7, 11) is 0. The van der Waals surface area contributed by atoms with Crippen molar-refractivity contribution in [3.63, 3.8) is 0 Å². The van der Waals surface area contributed by atoms with E-state index in [1.807, 2.05) is 31.2 Å². The van der Waals surface area contributed by atoms with Gasteiger partial charge in [-0.2, -0.15) is 0 Å². The van der Waals surface area contributed by atoms with Gasteiger partial charge in [-0.1, -0.05) is 12.1 Å². The Morgan fingerprint density at radius 1 is 1.50 bits per heavy atom. The van der Waals surface area contributed by atoms with Crippen LogP contribution in [0.4, 0.5) is 0 Å². The lowest BCUT2D eigenvalue weighted by Gasteiger charge is -2.23. The molecule has 4 nitrogen and oxygen atoms in total. The van der Waals surface area contributed by atoms with E-state index in [2.05, 4.69) is 5.32 Å². The highest BCUT2D eigenvalue weighted by Gasteiger charge is 2.14. The van der Waals surface area contributed by atoms with Crippen molar-refractivity contribution in [2.45, 2.75) is 25.9 Å². The van der Waals surface area contributed by atoms with E-state index < -0.39 is 6.10 Å². The molecule has 1 aliphatic rings. The van der Waals surface area contributed by atoms with Crippen LogP contribution >= 0.6 is 0 Å². The first kappa shape index (κ1) is 15.3. The highest BCUT2D eigenvalue weighted by Crippen LogP contribution is 2.13. The van der Waals surface area contributed by atoms with E-state index in [4.69, 9.17) is 9.47 Å². The first-order chi connectivity index (χ1) is 9.74. The zero-order valence-electron chi connectivity index (χ0n) is 12.2. The second-order valence-electron chi connectivity index (χ2n) is 5.52. The number of rotatable bonds is 7. The van der Waals surface area contributed by atoms with Gasteiger partial charge in [0.25, 0.3) is 0 Å². The molecule has 1 aromatic rings. The van der Waals surface area contributed by atoms with Crippen LogP contribution in [0.3, 0.4) is 0 Å². The predicted molar refractivity (Wildman–Crippen MR) is 79.1 cm³/mol. The lowest BCUT2D eigenvalue weighted by molar-refractivity contribution is 0.0516. The molecule has 20 heavy (non-hydrogen) atoms. The summed E-state index contributed by atoms with van der Waals surface area (Å²) in [6.45, 7) is 5.53. The van der Waals surface area contributed by atoms with Crippen molar-refractivity contribution in [2.24, 2.45) is 5.92 Å². The summed E-state index contributed by atoms with van der Waals surface area (Å²) in [5.74, 6) is 1.39. The maximum atomic E-state index is 9.89. The Kier molecular flexibility index (Phi) is 6.30. The first-order valence-corrected chi connectivity index (χ1v) is 7.40. The lowest BCUT2D eigenvalue weighted by atomic mass is 10.0. The monoisotopic (exact) mass is 279 g/mol. The van der Waals surface area contributed by atoms with Crippen LogP contribution in [0.15, 0.2) is 24.3 Å². The smallest absolute Gasteiger partial charge is 0.119 e. The van der Waals surface area contributed by atoms with Crippen LogP contribution < -0.4 is 10.1 Å². The van der Waals surface area contributed by atoms with E-state index in [1.54, 1.807) is 0 Å². The first-order valence-electron chi connectivity index (χ1n) is 7.40. The van der Waals surface area contributed by atoms with Gasteiger partial charge in [-0.3, -0.25) is 0 Å². The molecule has 2 rings (SSSR count). The zero-order valence-corrected chi connectivity index (χ0v) is 12.2. The summed E-state index contributed by atoms with van der Waals surface area (Å²) in [5.41, 5.74) is 1.16. The molecule has 1 heterocycles. The van der Waals surface area contributed by atoms with Crippen molar-refractivity contribution in [2.75, 3.05) is 32.9 Å². The molecule has 1 saturated heterocycles. The second kappa shape index (κ2) is 8.25. The lowest BCUT2D eigenvalue weighted by Crippen LogP contribution is -2.36. The fraction of sp³-hybridized carbons (Fsp3) is 0.625. The number of nitrogens with one attached hydrogen (secondary N) is 1. The van der Waals surface area contributed by atoms with E-state index >= 15 is 0 Å². The van der Waals surface area contributed by atoms with E-state index in [9.17, 15) is 5.11 Å². The standard InChI is InChI=1S/C16H25NO3/c1-13-4-2-6-16(8-13)20-12-15(18)10-17-9-14-5-3-7-19-11-14/h2,4,6,8,14-15,17-18H,3,5,7,9-12H2,1H3. The van der Waals surface area contributed by atoms with Gasteiger partial charge in [0.1, 0.15) is 18.5 Å². The molecule has 112 valence electrons. The van der Waals surface area contributed by atoms with Crippen LogP contribution in [0.25, 0.3) is 0 Å². The van der Waals surface area contributed by atoms with Gasteiger partial charge in [-0.05, 0) is 43.4 Å². The molecule has 2 unspecified atom stereocenters. The Hall–Kier alpha value is -1.10. The summed E-state index contributed by atoms with van der Waals surface area (Å²) in [6.07, 6.45) is 1.87. The predicted octanol–water partition coefficient (Wildman–Crippen LogP) is 1.75. The van der Waals surface area contributed by atoms with Crippen molar-refractivity contribution >= 4 is 0 Å². The fourth-order valence-corrected chi connectivity index (χ4v) is 2.38. The summed E-state index contributed by atoms with van der Waals surface area (Å²) in [4.78, 5) is 0. The minimum atomic E-state index is -0.486. The van der Waals surface area contributed by atoms with Crippen LogP contribution in [-0.2, 0) is 4.74 Å². The third-order valence-corrected chi connectivity index (χ3v) is 3.50. The summed E-state index contributed by atoms with van der Waals surface area (Å²) in [6, 6.07) is 7.86. The topological polar surface area (TPSA) is 50.7 Å². The van der Waals surface area contributed by atoms with E-state index in [1.165, 1.54) is 6.42 Å². The van der Waals surface area contributed by atoms with Gasteiger partial charge in [-0.25, -0.2) is 0 Å². The van der Waals surface area contributed by atoms with Crippen LogP contribution in [0.1, 0.15) is 18.4 Å². The molecular formula is C16H25NO3. The van der Waals surface area contributed by atoms with Crippen LogP contribution in [0, 0.1) is 12.8 Å². The van der Waals surface area contributed by atoms with E-state index in [0.717, 1.165) is 37.5 Å². The van der Waals surface area contributed by atoms with Crippen LogP contribution in [0.2, 0.25) is 0 Å². The number of aliphatic hydroxyl groups is 1. The highest BCUT2D eigenvalue weighted by molar-refractivity contribution is 5.27. The molecule has 0 spiro atoms. The Balaban J connectivity index is 1.59. The average molecular weight is 279 g/mol. The van der Waals surface area contributed by atoms with Gasteiger partial charge >= 0.3 is 0 Å². The van der Waals surface area contributed by atoms with Crippen molar-refractivity contribution in [3.05, 3.63) is 29.8 Å². The van der Waals surface area contributed by atoms with Gasteiger partial charge in [0.2, 0.25) is 0 Å². The molecule has 0 saturated carbocycles. The molecule has 0 amide bonds. The Morgan fingerprint density at radius 3 is 3.15 bits per heavy atom. The molecule has 0 aliphatic carbocycles. The normalized spacial score (nSPS) is 20.6. The van der Waals surface area contributed by atoms with Crippen molar-refractivity contribution < 1.29 is 14.6 Å². The minimum absolute atomic E-state index is 0.317. The van der Waals surface area contributed by atoms with Crippen molar-refractivity contribution in [3.8, 4) is 5.75 Å². The van der Waals surface area contributed by atoms with Gasteiger partial charge in [0.15, 0.2) is 0 Å². The van der Waals surface area contributed by atoms with Gasteiger partial charge < -0.3 is 19.9 Å². The number of aryl methyl sites for hydroxylation is 1. The highest BCUT2D eigenvalue weighted by atomic mass is 16.5. The largest absolute Gasteiger partial charge is 0.491 e. The second-order valence-corrected chi connectivity index (χ2v) is 5.52. The van der Waals surface area contributed by atoms with Crippen LogP contribution in [-0.4, -0.2) is 44.1 Å². The average Bonchev–Trinajstić information content (AvgIpc) is 2.46. The molecular weight excluding hydrogens is 254 g/mol. The van der Waals surface area contributed by atoms with E-state index in [0.29, 0.717) is 19.1 Å². The number of benzene rings is 1. The molecule has 0 radical (unpaired) electrons. The molecule has 1 fully saturated rings. The zero-order chi connectivity index (χ0) is 14.2. The fourth-order valence-electron chi connectivity index (χ4n) is 2.38. The Bertz CT molecular complexity index is 391. The molecule has 1 aliphatic heterocycles. The van der Waals surface area contributed by atoms with Gasteiger partial charge in [-0.15, -0.1) is 0 Å². The maximum absolute atomic E-state index is 9.89. The van der Waals surface area contributed by atoms with E-state index in [-0.39, 0.29) is 0 Å². The Labute approximate surface area is 121 Å². The SMILES string of the molecule is Cc1cccc(OCC(O)CNCC2CCCOC2)c1. The summed E-state index contributed by atoms with van der Waals surface area (Å²) < 4.78 is 11.0. The molecule has 0 aromatic heterocycles. The minimum Gasteiger partial charge on any atom is -0.491 e. The van der Waals surface area contributed by atoms with Gasteiger partial charge in [0, 0.05) is 19.7 Å². The van der Waals surface area contributed by atoms with Crippen molar-refractivity contribution in [1.29, 1.82) is 0 Å². The van der Waals surface area contributed by atoms with Crippen molar-refractivity contribution in [1.82, 2.24) is 5.32 Å². The third kappa shape index (κ3) is 5.49. The number of hydrogen-bond acceptors (Lipinski definition) is 4. The quantitative estimate of drug-likeness (QED) is 0.798. The molecule has 4 heteroatoms. The number of ether oxygens (including phenoxy) is 2. The molecule has 0 bridgehead atoms. The molecule has 1 aromatic carbocycles. The molecule has 2 N–H and O–H groups in total. The van der Waals surface area contributed by atoms with Crippen LogP contribution in [0.5, 0.6) is 5.75 Å².